The lowest BCUT2D eigenvalue weighted by atomic mass is 10.0. The minimum Gasteiger partial charge on any atom is -0.467 e. The molecule has 1 amide bonds. The van der Waals surface area contributed by atoms with Gasteiger partial charge in [0.15, 0.2) is 0 Å². The number of hydrogen-bond donors (Lipinski definition) is 1. The van der Waals surface area contributed by atoms with Crippen LogP contribution >= 0.6 is 0 Å². The molecule has 0 saturated carbocycles. The number of amides is 1. The largest absolute Gasteiger partial charge is 0.467 e. The number of aliphatic hydroxyl groups excluding tert-OH is 1. The molecule has 0 spiro atoms. The van der Waals surface area contributed by atoms with Crippen molar-refractivity contribution in [3.05, 3.63) is 48.3 Å². The van der Waals surface area contributed by atoms with E-state index in [1.165, 1.54) is 6.42 Å². The van der Waals surface area contributed by atoms with Crippen LogP contribution in [0, 0.1) is 0 Å². The quantitative estimate of drug-likeness (QED) is 0.821. The summed E-state index contributed by atoms with van der Waals surface area (Å²) >= 11 is 0. The minimum atomic E-state index is -0.633. The monoisotopic (exact) mass is 360 g/mol. The average Bonchev–Trinajstić information content (AvgIpc) is 3.29. The summed E-state index contributed by atoms with van der Waals surface area (Å²) in [4.78, 5) is 16.6. The fourth-order valence-corrected chi connectivity index (χ4v) is 3.59. The van der Waals surface area contributed by atoms with Gasteiger partial charge in [0.05, 0.1) is 25.6 Å². The summed E-state index contributed by atoms with van der Waals surface area (Å²) < 4.78 is 10.7. The van der Waals surface area contributed by atoms with Crippen LogP contribution in [0.5, 0.6) is 0 Å². The van der Waals surface area contributed by atoms with Crippen molar-refractivity contribution in [2.45, 2.75) is 50.8 Å². The van der Waals surface area contributed by atoms with Gasteiger partial charge in [0, 0.05) is 13.1 Å². The first kappa shape index (κ1) is 18.7. The number of furan rings is 2. The van der Waals surface area contributed by atoms with Gasteiger partial charge in [-0.1, -0.05) is 12.8 Å². The van der Waals surface area contributed by atoms with Gasteiger partial charge in [0.1, 0.15) is 17.6 Å². The van der Waals surface area contributed by atoms with Gasteiger partial charge in [0.2, 0.25) is 5.91 Å². The van der Waals surface area contributed by atoms with Crippen molar-refractivity contribution in [2.75, 3.05) is 20.1 Å². The van der Waals surface area contributed by atoms with Gasteiger partial charge in [-0.15, -0.1) is 0 Å². The third kappa shape index (κ3) is 4.99. The Balaban J connectivity index is 1.59. The summed E-state index contributed by atoms with van der Waals surface area (Å²) in [5, 5.41) is 10.5. The van der Waals surface area contributed by atoms with Crippen LogP contribution in [-0.2, 0) is 11.3 Å². The lowest BCUT2D eigenvalue weighted by Crippen LogP contribution is -2.43. The van der Waals surface area contributed by atoms with E-state index in [0.717, 1.165) is 31.6 Å². The molecule has 6 nitrogen and oxygen atoms in total. The van der Waals surface area contributed by atoms with Crippen LogP contribution < -0.4 is 0 Å². The predicted octanol–water partition coefficient (Wildman–Crippen LogP) is 3.20. The zero-order valence-electron chi connectivity index (χ0n) is 15.3. The summed E-state index contributed by atoms with van der Waals surface area (Å²) in [6, 6.07) is 7.47. The van der Waals surface area contributed by atoms with Crippen LogP contribution in [0.2, 0.25) is 0 Å². The topological polar surface area (TPSA) is 70.1 Å². The van der Waals surface area contributed by atoms with Gasteiger partial charge in [-0.25, -0.2) is 0 Å². The Labute approximate surface area is 154 Å². The molecule has 2 atom stereocenters. The second-order valence-electron chi connectivity index (χ2n) is 7.07. The van der Waals surface area contributed by atoms with E-state index >= 15 is 0 Å². The predicted molar refractivity (Wildman–Crippen MR) is 97.3 cm³/mol. The number of rotatable bonds is 7. The van der Waals surface area contributed by atoms with E-state index in [1.807, 2.05) is 12.1 Å². The van der Waals surface area contributed by atoms with Gasteiger partial charge in [0.25, 0.3) is 0 Å². The molecule has 1 fully saturated rings. The van der Waals surface area contributed by atoms with Crippen molar-refractivity contribution < 1.29 is 18.7 Å². The Morgan fingerprint density at radius 2 is 2.08 bits per heavy atom. The first-order valence-corrected chi connectivity index (χ1v) is 9.35. The maximum Gasteiger partial charge on any atom is 0.236 e. The molecule has 6 heteroatoms. The zero-order chi connectivity index (χ0) is 18.4. The highest BCUT2D eigenvalue weighted by Crippen LogP contribution is 2.26. The Morgan fingerprint density at radius 1 is 1.27 bits per heavy atom. The summed E-state index contributed by atoms with van der Waals surface area (Å²) in [6.07, 6.45) is 7.53. The molecule has 0 aromatic carbocycles. The fourth-order valence-electron chi connectivity index (χ4n) is 3.59. The number of nitrogens with zero attached hydrogens (tertiary/aromatic N) is 2. The zero-order valence-corrected chi connectivity index (χ0v) is 15.3. The summed E-state index contributed by atoms with van der Waals surface area (Å²) in [6.45, 7) is 1.72. The average molecular weight is 360 g/mol. The Bertz CT molecular complexity index is 653. The van der Waals surface area contributed by atoms with Crippen LogP contribution in [0.15, 0.2) is 45.6 Å². The summed E-state index contributed by atoms with van der Waals surface area (Å²) in [5.74, 6) is 1.44. The van der Waals surface area contributed by atoms with Crippen molar-refractivity contribution >= 4 is 5.91 Å². The number of carbonyl (C=O) groups excluding carboxylic acids is 1. The number of hydrogen-bond acceptors (Lipinski definition) is 5. The molecule has 26 heavy (non-hydrogen) atoms. The molecule has 1 aliphatic heterocycles. The highest BCUT2D eigenvalue weighted by atomic mass is 16.4. The summed E-state index contributed by atoms with van der Waals surface area (Å²) in [5.41, 5.74) is 0. The Kier molecular flexibility index (Phi) is 6.52. The maximum absolute atomic E-state index is 12.7. The second-order valence-corrected chi connectivity index (χ2v) is 7.07. The Morgan fingerprint density at radius 3 is 2.81 bits per heavy atom. The molecular weight excluding hydrogens is 332 g/mol. The van der Waals surface area contributed by atoms with Gasteiger partial charge < -0.3 is 18.8 Å². The molecule has 142 valence electrons. The van der Waals surface area contributed by atoms with Gasteiger partial charge in [-0.2, -0.15) is 0 Å². The molecule has 1 aliphatic rings. The van der Waals surface area contributed by atoms with Gasteiger partial charge >= 0.3 is 0 Å². The molecule has 2 unspecified atom stereocenters. The molecule has 2 aromatic rings. The number of carbonyl (C=O) groups is 1. The highest BCUT2D eigenvalue weighted by molar-refractivity contribution is 5.78. The second kappa shape index (κ2) is 9.05. The van der Waals surface area contributed by atoms with E-state index in [4.69, 9.17) is 8.83 Å². The third-order valence-electron chi connectivity index (χ3n) is 5.10. The Hall–Kier alpha value is -2.05. The van der Waals surface area contributed by atoms with Crippen LogP contribution in [0.3, 0.4) is 0 Å². The molecule has 1 N–H and O–H groups in total. The molecular formula is C20H28N2O4. The molecule has 0 aliphatic carbocycles. The standard InChI is InChI=1S/C20H28N2O4/c1-21(14-17-8-5-11-25-17)20(24)15-22-10-4-2-3-7-16(22)13-18(23)19-9-6-12-26-19/h5-6,8-9,11-12,16,18,23H,2-4,7,10,13-15H2,1H3. The van der Waals surface area contributed by atoms with E-state index in [1.54, 1.807) is 36.6 Å². The molecule has 3 rings (SSSR count). The minimum absolute atomic E-state index is 0.0702. The fraction of sp³-hybridized carbons (Fsp3) is 0.550. The van der Waals surface area contributed by atoms with Crippen molar-refractivity contribution in [3.63, 3.8) is 0 Å². The van der Waals surface area contributed by atoms with Crippen molar-refractivity contribution in [3.8, 4) is 0 Å². The van der Waals surface area contributed by atoms with E-state index in [9.17, 15) is 9.90 Å². The van der Waals surface area contributed by atoms with E-state index in [0.29, 0.717) is 25.3 Å². The van der Waals surface area contributed by atoms with Gasteiger partial charge in [-0.05, 0) is 50.1 Å². The van der Waals surface area contributed by atoms with Crippen molar-refractivity contribution in [1.29, 1.82) is 0 Å². The normalized spacial score (nSPS) is 19.8. The van der Waals surface area contributed by atoms with Crippen LogP contribution in [0.4, 0.5) is 0 Å². The molecule has 3 heterocycles. The van der Waals surface area contributed by atoms with E-state index in [2.05, 4.69) is 4.90 Å². The first-order valence-electron chi connectivity index (χ1n) is 9.35. The SMILES string of the molecule is CN(Cc1ccco1)C(=O)CN1CCCCCC1CC(O)c1ccco1. The van der Waals surface area contributed by atoms with E-state index in [-0.39, 0.29) is 11.9 Å². The first-order chi connectivity index (χ1) is 12.6. The van der Waals surface area contributed by atoms with Crippen LogP contribution in [0.1, 0.15) is 49.7 Å². The van der Waals surface area contributed by atoms with E-state index < -0.39 is 6.10 Å². The van der Waals surface area contributed by atoms with Crippen molar-refractivity contribution in [1.82, 2.24) is 9.80 Å². The third-order valence-corrected chi connectivity index (χ3v) is 5.10. The van der Waals surface area contributed by atoms with Crippen molar-refractivity contribution in [2.24, 2.45) is 0 Å². The lowest BCUT2D eigenvalue weighted by molar-refractivity contribution is -0.132. The molecule has 0 bridgehead atoms. The lowest BCUT2D eigenvalue weighted by Gasteiger charge is -2.31. The van der Waals surface area contributed by atoms with Crippen LogP contribution in [-0.4, -0.2) is 47.0 Å². The maximum atomic E-state index is 12.7. The number of aliphatic hydroxyl groups is 1. The molecule has 0 radical (unpaired) electrons. The van der Waals surface area contributed by atoms with Gasteiger partial charge in [-0.3, -0.25) is 9.69 Å². The summed E-state index contributed by atoms with van der Waals surface area (Å²) in [7, 11) is 1.80. The van der Waals surface area contributed by atoms with Crippen LogP contribution in [0.25, 0.3) is 0 Å². The number of likely N-dealkylation sites (N-methyl/N-ethyl adjacent to an activating group) is 1. The molecule has 1 saturated heterocycles. The smallest absolute Gasteiger partial charge is 0.236 e. The number of likely N-dealkylation sites (tertiary alicyclic amines) is 1. The molecule has 2 aromatic heterocycles. The highest BCUT2D eigenvalue weighted by Gasteiger charge is 2.27.